The SMILES string of the molecule is OCCCCn1cnc(CNC2CC2)c1. The second-order valence-corrected chi connectivity index (χ2v) is 4.19. The van der Waals surface area contributed by atoms with E-state index < -0.39 is 0 Å². The summed E-state index contributed by atoms with van der Waals surface area (Å²) >= 11 is 0. The minimum Gasteiger partial charge on any atom is -0.396 e. The van der Waals surface area contributed by atoms with Crippen LogP contribution in [0.2, 0.25) is 0 Å². The fraction of sp³-hybridized carbons (Fsp3) is 0.727. The van der Waals surface area contributed by atoms with E-state index in [2.05, 4.69) is 21.1 Å². The van der Waals surface area contributed by atoms with Crippen molar-refractivity contribution in [3.63, 3.8) is 0 Å². The van der Waals surface area contributed by atoms with Gasteiger partial charge in [-0.1, -0.05) is 0 Å². The van der Waals surface area contributed by atoms with E-state index in [1.54, 1.807) is 0 Å². The smallest absolute Gasteiger partial charge is 0.0949 e. The molecule has 1 fully saturated rings. The van der Waals surface area contributed by atoms with Crippen molar-refractivity contribution < 1.29 is 5.11 Å². The van der Waals surface area contributed by atoms with Gasteiger partial charge in [0.1, 0.15) is 0 Å². The predicted molar refractivity (Wildman–Crippen MR) is 58.4 cm³/mol. The van der Waals surface area contributed by atoms with Crippen molar-refractivity contribution in [1.82, 2.24) is 14.9 Å². The van der Waals surface area contributed by atoms with Gasteiger partial charge in [0.2, 0.25) is 0 Å². The third kappa shape index (κ3) is 3.64. The molecule has 4 nitrogen and oxygen atoms in total. The van der Waals surface area contributed by atoms with Gasteiger partial charge < -0.3 is 15.0 Å². The predicted octanol–water partition coefficient (Wildman–Crippen LogP) is 0.908. The molecule has 0 atom stereocenters. The van der Waals surface area contributed by atoms with Crippen LogP contribution in [0.5, 0.6) is 0 Å². The Bertz CT molecular complexity index is 294. The molecule has 2 N–H and O–H groups in total. The highest BCUT2D eigenvalue weighted by Crippen LogP contribution is 2.18. The Labute approximate surface area is 90.3 Å². The summed E-state index contributed by atoms with van der Waals surface area (Å²) in [5.41, 5.74) is 1.12. The quantitative estimate of drug-likeness (QED) is 0.656. The number of imidazole rings is 1. The highest BCUT2D eigenvalue weighted by Gasteiger charge is 2.20. The van der Waals surface area contributed by atoms with Crippen LogP contribution in [-0.2, 0) is 13.1 Å². The normalized spacial score (nSPS) is 15.8. The lowest BCUT2D eigenvalue weighted by Crippen LogP contribution is -2.15. The summed E-state index contributed by atoms with van der Waals surface area (Å²) in [5.74, 6) is 0. The molecule has 0 saturated heterocycles. The first kappa shape index (κ1) is 10.6. The zero-order valence-corrected chi connectivity index (χ0v) is 9.02. The monoisotopic (exact) mass is 209 g/mol. The van der Waals surface area contributed by atoms with Crippen LogP contribution in [0.25, 0.3) is 0 Å². The first-order valence-corrected chi connectivity index (χ1v) is 5.73. The molecule has 0 unspecified atom stereocenters. The molecular formula is C11H19N3O. The van der Waals surface area contributed by atoms with Gasteiger partial charge in [0.05, 0.1) is 12.0 Å². The second kappa shape index (κ2) is 5.28. The van der Waals surface area contributed by atoms with Crippen LogP contribution in [-0.4, -0.2) is 27.3 Å². The largest absolute Gasteiger partial charge is 0.396 e. The zero-order valence-electron chi connectivity index (χ0n) is 9.02. The van der Waals surface area contributed by atoms with Crippen LogP contribution in [0.4, 0.5) is 0 Å². The maximum absolute atomic E-state index is 8.67. The molecule has 84 valence electrons. The Balaban J connectivity index is 1.70. The topological polar surface area (TPSA) is 50.1 Å². The average Bonchev–Trinajstić information content (AvgIpc) is 2.97. The Morgan fingerprint density at radius 3 is 3.07 bits per heavy atom. The number of hydrogen-bond donors (Lipinski definition) is 2. The molecule has 0 bridgehead atoms. The third-order valence-corrected chi connectivity index (χ3v) is 2.66. The van der Waals surface area contributed by atoms with E-state index in [4.69, 9.17) is 5.11 Å². The summed E-state index contributed by atoms with van der Waals surface area (Å²) in [7, 11) is 0. The molecule has 1 aromatic rings. The molecule has 1 heterocycles. The number of unbranched alkanes of at least 4 members (excludes halogenated alkanes) is 1. The van der Waals surface area contributed by atoms with Gasteiger partial charge >= 0.3 is 0 Å². The summed E-state index contributed by atoms with van der Waals surface area (Å²) in [6, 6.07) is 0.740. The zero-order chi connectivity index (χ0) is 10.5. The van der Waals surface area contributed by atoms with Gasteiger partial charge in [-0.3, -0.25) is 0 Å². The molecule has 15 heavy (non-hydrogen) atoms. The van der Waals surface area contributed by atoms with Crippen LogP contribution in [0, 0.1) is 0 Å². The van der Waals surface area contributed by atoms with Gasteiger partial charge in [0, 0.05) is 31.9 Å². The minimum atomic E-state index is 0.283. The number of aliphatic hydroxyl groups excluding tert-OH is 1. The lowest BCUT2D eigenvalue weighted by atomic mass is 10.3. The van der Waals surface area contributed by atoms with Gasteiger partial charge in [-0.2, -0.15) is 0 Å². The third-order valence-electron chi connectivity index (χ3n) is 2.66. The molecule has 0 aliphatic heterocycles. The molecular weight excluding hydrogens is 190 g/mol. The molecule has 0 amide bonds. The number of nitrogens with one attached hydrogen (secondary N) is 1. The van der Waals surface area contributed by atoms with Gasteiger partial charge in [0.15, 0.2) is 0 Å². The number of aromatic nitrogens is 2. The highest BCUT2D eigenvalue weighted by molar-refractivity contribution is 4.97. The van der Waals surface area contributed by atoms with Crippen molar-refractivity contribution in [3.8, 4) is 0 Å². The summed E-state index contributed by atoms with van der Waals surface area (Å²) in [4.78, 5) is 4.33. The molecule has 0 radical (unpaired) electrons. The maximum Gasteiger partial charge on any atom is 0.0949 e. The Kier molecular flexibility index (Phi) is 3.75. The van der Waals surface area contributed by atoms with Crippen LogP contribution in [0.15, 0.2) is 12.5 Å². The second-order valence-electron chi connectivity index (χ2n) is 4.19. The highest BCUT2D eigenvalue weighted by atomic mass is 16.2. The van der Waals surface area contributed by atoms with Crippen molar-refractivity contribution >= 4 is 0 Å². The summed E-state index contributed by atoms with van der Waals surface area (Å²) in [6.07, 6.45) is 8.48. The van der Waals surface area contributed by atoms with E-state index >= 15 is 0 Å². The number of aliphatic hydroxyl groups is 1. The first-order valence-electron chi connectivity index (χ1n) is 5.73. The molecule has 1 saturated carbocycles. The number of nitrogens with zero attached hydrogens (tertiary/aromatic N) is 2. The van der Waals surface area contributed by atoms with Crippen molar-refractivity contribution in [1.29, 1.82) is 0 Å². The van der Waals surface area contributed by atoms with E-state index in [1.807, 2.05) is 6.33 Å². The van der Waals surface area contributed by atoms with Crippen LogP contribution >= 0.6 is 0 Å². The van der Waals surface area contributed by atoms with E-state index in [0.29, 0.717) is 0 Å². The average molecular weight is 209 g/mol. The molecule has 4 heteroatoms. The lowest BCUT2D eigenvalue weighted by molar-refractivity contribution is 0.281. The summed E-state index contributed by atoms with van der Waals surface area (Å²) in [6.45, 7) is 2.12. The lowest BCUT2D eigenvalue weighted by Gasteiger charge is -2.00. The molecule has 1 aliphatic carbocycles. The van der Waals surface area contributed by atoms with Gasteiger partial charge in [-0.15, -0.1) is 0 Å². The van der Waals surface area contributed by atoms with Crippen molar-refractivity contribution in [2.75, 3.05) is 6.61 Å². The van der Waals surface area contributed by atoms with Crippen molar-refractivity contribution in [2.24, 2.45) is 0 Å². The van der Waals surface area contributed by atoms with E-state index in [-0.39, 0.29) is 6.61 Å². The fourth-order valence-corrected chi connectivity index (χ4v) is 1.56. The Morgan fingerprint density at radius 2 is 2.33 bits per heavy atom. The van der Waals surface area contributed by atoms with Crippen LogP contribution in [0.3, 0.4) is 0 Å². The Morgan fingerprint density at radius 1 is 1.47 bits per heavy atom. The summed E-state index contributed by atoms with van der Waals surface area (Å²) in [5, 5.41) is 12.1. The van der Waals surface area contributed by atoms with Crippen molar-refractivity contribution in [2.45, 2.75) is 44.8 Å². The van der Waals surface area contributed by atoms with Crippen LogP contribution in [0.1, 0.15) is 31.4 Å². The van der Waals surface area contributed by atoms with Gasteiger partial charge in [0.25, 0.3) is 0 Å². The number of rotatable bonds is 7. The first-order chi connectivity index (χ1) is 7.38. The molecule has 0 spiro atoms. The molecule has 1 aliphatic rings. The van der Waals surface area contributed by atoms with E-state index in [1.165, 1.54) is 12.8 Å². The molecule has 2 rings (SSSR count). The number of aryl methyl sites for hydroxylation is 1. The van der Waals surface area contributed by atoms with E-state index in [0.717, 1.165) is 37.7 Å². The molecule has 0 aromatic carbocycles. The van der Waals surface area contributed by atoms with Gasteiger partial charge in [-0.05, 0) is 25.7 Å². The van der Waals surface area contributed by atoms with Crippen LogP contribution < -0.4 is 5.32 Å². The van der Waals surface area contributed by atoms with E-state index in [9.17, 15) is 0 Å². The Hall–Kier alpha value is -0.870. The standard InChI is InChI=1S/C11H19N3O/c15-6-2-1-5-14-8-11(13-9-14)7-12-10-3-4-10/h8-10,12,15H,1-7H2. The fourth-order valence-electron chi connectivity index (χ4n) is 1.56. The minimum absolute atomic E-state index is 0.283. The summed E-state index contributed by atoms with van der Waals surface area (Å²) < 4.78 is 2.10. The van der Waals surface area contributed by atoms with Crippen molar-refractivity contribution in [3.05, 3.63) is 18.2 Å². The molecule has 1 aromatic heterocycles. The number of hydrogen-bond acceptors (Lipinski definition) is 3. The van der Waals surface area contributed by atoms with Gasteiger partial charge in [-0.25, -0.2) is 4.98 Å². The maximum atomic E-state index is 8.67.